The summed E-state index contributed by atoms with van der Waals surface area (Å²) in [4.78, 5) is 11.6. The van der Waals surface area contributed by atoms with Crippen molar-refractivity contribution in [1.29, 1.82) is 0 Å². The van der Waals surface area contributed by atoms with Crippen molar-refractivity contribution in [3.8, 4) is 0 Å². The molecule has 0 bridgehead atoms. The molecule has 0 aromatic carbocycles. The fraction of sp³-hybridized carbons (Fsp3) is 0.833. The highest BCUT2D eigenvalue weighted by Gasteiger charge is 2.37. The molecule has 0 radical (unpaired) electrons. The largest absolute Gasteiger partial charge is 0.457 e. The molecule has 1 saturated heterocycles. The molecule has 0 amide bonds. The number of aliphatic hydroxyl groups is 2. The molecular formula is C18H32O6. The SMILES string of the molecule is C[C@@H]1OC(OC(C)(C)CC/C=C/C(=O)OC(C)(C)C)[C@H](O)CC1O. The van der Waals surface area contributed by atoms with Gasteiger partial charge in [-0.3, -0.25) is 0 Å². The second-order valence-electron chi connectivity index (χ2n) is 7.93. The molecule has 0 spiro atoms. The number of carbonyl (C=O) groups excluding carboxylic acids is 1. The summed E-state index contributed by atoms with van der Waals surface area (Å²) in [5, 5.41) is 19.7. The molecule has 1 rings (SSSR count). The van der Waals surface area contributed by atoms with Gasteiger partial charge < -0.3 is 24.4 Å². The predicted molar refractivity (Wildman–Crippen MR) is 90.3 cm³/mol. The molecule has 6 heteroatoms. The number of aliphatic hydroxyl groups excluding tert-OH is 2. The van der Waals surface area contributed by atoms with Crippen molar-refractivity contribution in [3.05, 3.63) is 12.2 Å². The Balaban J connectivity index is 2.42. The Morgan fingerprint density at radius 1 is 1.21 bits per heavy atom. The molecule has 1 heterocycles. The Hall–Kier alpha value is -0.950. The predicted octanol–water partition coefficient (Wildman–Crippen LogP) is 2.32. The second kappa shape index (κ2) is 8.43. The van der Waals surface area contributed by atoms with Crippen LogP contribution in [0.3, 0.4) is 0 Å². The van der Waals surface area contributed by atoms with E-state index in [1.165, 1.54) is 6.08 Å². The van der Waals surface area contributed by atoms with Crippen LogP contribution in [0.5, 0.6) is 0 Å². The third-order valence-electron chi connectivity index (χ3n) is 3.70. The molecule has 2 N–H and O–H groups in total. The van der Waals surface area contributed by atoms with Crippen molar-refractivity contribution in [1.82, 2.24) is 0 Å². The van der Waals surface area contributed by atoms with Gasteiger partial charge in [-0.1, -0.05) is 6.08 Å². The summed E-state index contributed by atoms with van der Waals surface area (Å²) < 4.78 is 16.6. The topological polar surface area (TPSA) is 85.2 Å². The van der Waals surface area contributed by atoms with E-state index in [9.17, 15) is 15.0 Å². The van der Waals surface area contributed by atoms with Crippen molar-refractivity contribution < 1.29 is 29.2 Å². The highest BCUT2D eigenvalue weighted by atomic mass is 16.7. The summed E-state index contributed by atoms with van der Waals surface area (Å²) in [7, 11) is 0. The molecule has 140 valence electrons. The summed E-state index contributed by atoms with van der Waals surface area (Å²) in [6.07, 6.45) is 2.03. The Kier molecular flexibility index (Phi) is 7.41. The zero-order valence-electron chi connectivity index (χ0n) is 15.6. The lowest BCUT2D eigenvalue weighted by Crippen LogP contribution is -2.49. The van der Waals surface area contributed by atoms with Gasteiger partial charge in [0.2, 0.25) is 0 Å². The molecule has 2 unspecified atom stereocenters. The van der Waals surface area contributed by atoms with Crippen LogP contribution in [0, 0.1) is 0 Å². The van der Waals surface area contributed by atoms with Crippen LogP contribution in [0.15, 0.2) is 12.2 Å². The number of rotatable bonds is 6. The van der Waals surface area contributed by atoms with E-state index in [1.807, 2.05) is 34.6 Å². The minimum absolute atomic E-state index is 0.237. The Labute approximate surface area is 144 Å². The highest BCUT2D eigenvalue weighted by Crippen LogP contribution is 2.27. The molecule has 0 aliphatic carbocycles. The van der Waals surface area contributed by atoms with Gasteiger partial charge in [0.1, 0.15) is 11.7 Å². The Morgan fingerprint density at radius 3 is 2.42 bits per heavy atom. The van der Waals surface area contributed by atoms with E-state index < -0.39 is 29.7 Å². The first kappa shape index (κ1) is 21.1. The van der Waals surface area contributed by atoms with Crippen molar-refractivity contribution in [2.45, 2.75) is 96.6 Å². The van der Waals surface area contributed by atoms with Gasteiger partial charge in [-0.15, -0.1) is 0 Å². The van der Waals surface area contributed by atoms with Crippen molar-refractivity contribution >= 4 is 5.97 Å². The summed E-state index contributed by atoms with van der Waals surface area (Å²) in [6, 6.07) is 0. The van der Waals surface area contributed by atoms with E-state index in [0.717, 1.165) is 0 Å². The lowest BCUT2D eigenvalue weighted by Gasteiger charge is -2.39. The van der Waals surface area contributed by atoms with Gasteiger partial charge in [-0.25, -0.2) is 4.79 Å². The molecule has 0 aromatic heterocycles. The van der Waals surface area contributed by atoms with E-state index >= 15 is 0 Å². The van der Waals surface area contributed by atoms with Gasteiger partial charge >= 0.3 is 5.97 Å². The van der Waals surface area contributed by atoms with Crippen LogP contribution >= 0.6 is 0 Å². The first-order chi connectivity index (χ1) is 10.9. The van der Waals surface area contributed by atoms with E-state index in [4.69, 9.17) is 14.2 Å². The summed E-state index contributed by atoms with van der Waals surface area (Å²) in [6.45, 7) is 11.0. The maximum absolute atomic E-state index is 11.6. The lowest BCUT2D eigenvalue weighted by molar-refractivity contribution is -0.291. The first-order valence-corrected chi connectivity index (χ1v) is 8.48. The Morgan fingerprint density at radius 2 is 1.83 bits per heavy atom. The maximum Gasteiger partial charge on any atom is 0.330 e. The summed E-state index contributed by atoms with van der Waals surface area (Å²) in [5.41, 5.74) is -1.04. The monoisotopic (exact) mass is 344 g/mol. The molecule has 1 aliphatic rings. The normalized spacial score (nSPS) is 29.0. The van der Waals surface area contributed by atoms with Crippen molar-refractivity contribution in [3.63, 3.8) is 0 Å². The van der Waals surface area contributed by atoms with E-state index in [-0.39, 0.29) is 18.5 Å². The number of hydrogen-bond donors (Lipinski definition) is 2. The number of allylic oxidation sites excluding steroid dienone is 1. The second-order valence-corrected chi connectivity index (χ2v) is 7.93. The smallest absolute Gasteiger partial charge is 0.330 e. The average molecular weight is 344 g/mol. The minimum atomic E-state index is -0.854. The van der Waals surface area contributed by atoms with Gasteiger partial charge in [0.05, 0.1) is 17.8 Å². The van der Waals surface area contributed by atoms with Crippen molar-refractivity contribution in [2.75, 3.05) is 0 Å². The average Bonchev–Trinajstić information content (AvgIpc) is 2.39. The third-order valence-corrected chi connectivity index (χ3v) is 3.70. The standard InChI is InChI=1S/C18H32O6/c1-12-13(19)11-14(20)16(22-12)24-18(5,6)10-8-7-9-15(21)23-17(2,3)4/h7,9,12-14,16,19-20H,8,10-11H2,1-6H3/b9-7+/t12-,13?,14+,16?/m0/s1. The lowest BCUT2D eigenvalue weighted by atomic mass is 10.0. The van der Waals surface area contributed by atoms with Crippen LogP contribution in [-0.4, -0.2) is 52.0 Å². The molecule has 24 heavy (non-hydrogen) atoms. The van der Waals surface area contributed by atoms with Crippen LogP contribution in [0.4, 0.5) is 0 Å². The van der Waals surface area contributed by atoms with Gasteiger partial charge in [-0.05, 0) is 54.4 Å². The highest BCUT2D eigenvalue weighted by molar-refractivity contribution is 5.82. The zero-order chi connectivity index (χ0) is 18.5. The Bertz CT molecular complexity index is 437. The van der Waals surface area contributed by atoms with Gasteiger partial charge in [0.25, 0.3) is 0 Å². The number of ether oxygens (including phenoxy) is 3. The van der Waals surface area contributed by atoms with Crippen LogP contribution in [0.25, 0.3) is 0 Å². The van der Waals surface area contributed by atoms with Crippen LogP contribution in [0.1, 0.15) is 60.8 Å². The molecule has 0 aromatic rings. The fourth-order valence-corrected chi connectivity index (χ4v) is 2.37. The summed E-state index contributed by atoms with van der Waals surface area (Å²) in [5.74, 6) is -0.366. The number of carbonyl (C=O) groups is 1. The van der Waals surface area contributed by atoms with Crippen LogP contribution in [0.2, 0.25) is 0 Å². The van der Waals surface area contributed by atoms with Crippen LogP contribution in [-0.2, 0) is 19.0 Å². The van der Waals surface area contributed by atoms with Crippen molar-refractivity contribution in [2.24, 2.45) is 0 Å². The number of esters is 1. The van der Waals surface area contributed by atoms with Crippen LogP contribution < -0.4 is 0 Å². The molecule has 4 atom stereocenters. The van der Waals surface area contributed by atoms with Gasteiger partial charge in [0, 0.05) is 12.5 Å². The third kappa shape index (κ3) is 7.75. The van der Waals surface area contributed by atoms with Gasteiger partial charge in [0.15, 0.2) is 6.29 Å². The fourth-order valence-electron chi connectivity index (χ4n) is 2.37. The molecule has 1 aliphatic heterocycles. The van der Waals surface area contributed by atoms with E-state index in [2.05, 4.69) is 0 Å². The van der Waals surface area contributed by atoms with E-state index in [0.29, 0.717) is 12.8 Å². The first-order valence-electron chi connectivity index (χ1n) is 8.48. The van der Waals surface area contributed by atoms with E-state index in [1.54, 1.807) is 13.0 Å². The molecule has 6 nitrogen and oxygen atoms in total. The quantitative estimate of drug-likeness (QED) is 0.568. The molecule has 0 saturated carbocycles. The number of hydrogen-bond acceptors (Lipinski definition) is 6. The maximum atomic E-state index is 11.6. The zero-order valence-corrected chi connectivity index (χ0v) is 15.6. The van der Waals surface area contributed by atoms with Gasteiger partial charge in [-0.2, -0.15) is 0 Å². The molecular weight excluding hydrogens is 312 g/mol. The minimum Gasteiger partial charge on any atom is -0.457 e. The molecule has 1 fully saturated rings. The summed E-state index contributed by atoms with van der Waals surface area (Å²) >= 11 is 0.